The molecule has 0 bridgehead atoms. The third-order valence-corrected chi connectivity index (χ3v) is 8.32. The highest BCUT2D eigenvalue weighted by atomic mass is 32.2. The second-order valence-electron chi connectivity index (χ2n) is 6.45. The number of thioether (sulfide) groups is 1. The summed E-state index contributed by atoms with van der Waals surface area (Å²) in [4.78, 5) is 13.2. The summed E-state index contributed by atoms with van der Waals surface area (Å²) in [5, 5.41) is 0. The van der Waals surface area contributed by atoms with Crippen molar-refractivity contribution in [2.24, 2.45) is 0 Å². The molecule has 0 fully saturated rings. The highest BCUT2D eigenvalue weighted by molar-refractivity contribution is 7.99. The van der Waals surface area contributed by atoms with Crippen molar-refractivity contribution in [1.29, 1.82) is 0 Å². The van der Waals surface area contributed by atoms with Gasteiger partial charge in [0.2, 0.25) is 0 Å². The van der Waals surface area contributed by atoms with Crippen molar-refractivity contribution in [3.63, 3.8) is 0 Å². The summed E-state index contributed by atoms with van der Waals surface area (Å²) in [6.45, 7) is 0. The Balaban J connectivity index is 1.77. The molecule has 3 rings (SSSR count). The summed E-state index contributed by atoms with van der Waals surface area (Å²) in [7, 11) is -3.54. The maximum Gasteiger partial charge on any atom is 0.187 e. The molecule has 1 atom stereocenters. The first-order valence-corrected chi connectivity index (χ1v) is 11.2. The van der Waals surface area contributed by atoms with Crippen LogP contribution in [-0.4, -0.2) is 24.7 Å². The third-order valence-electron chi connectivity index (χ3n) is 4.71. The molecule has 0 heterocycles. The lowest BCUT2D eigenvalue weighted by molar-refractivity contribution is -0.115. The summed E-state index contributed by atoms with van der Waals surface area (Å²) in [5.74, 6) is 0.847. The van der Waals surface area contributed by atoms with E-state index in [4.69, 9.17) is 0 Å². The number of benzene rings is 2. The van der Waals surface area contributed by atoms with Crippen molar-refractivity contribution in [3.05, 3.63) is 72.8 Å². The predicted octanol–water partition coefficient (Wildman–Crippen LogP) is 4.69. The Morgan fingerprint density at radius 3 is 2.23 bits per heavy atom. The second kappa shape index (κ2) is 8.23. The molecule has 0 N–H and O–H groups in total. The van der Waals surface area contributed by atoms with E-state index in [2.05, 4.69) is 12.1 Å². The number of hydrogen-bond donors (Lipinski definition) is 0. The smallest absolute Gasteiger partial charge is 0.187 e. The van der Waals surface area contributed by atoms with Crippen LogP contribution in [0.25, 0.3) is 0 Å². The number of ketones is 1. The van der Waals surface area contributed by atoms with Crippen LogP contribution in [0.5, 0.6) is 0 Å². The number of rotatable bonds is 7. The average molecular weight is 387 g/mol. The molecule has 0 radical (unpaired) electrons. The molecule has 0 aliphatic heterocycles. The van der Waals surface area contributed by atoms with Crippen LogP contribution in [-0.2, 0) is 14.6 Å². The van der Waals surface area contributed by atoms with Crippen LogP contribution in [0.2, 0.25) is 0 Å². The normalized spacial score (nSPS) is 20.2. The zero-order chi connectivity index (χ0) is 18.5. The second-order valence-corrected chi connectivity index (χ2v) is 9.91. The fraction of sp³-hybridized carbons (Fsp3) is 0.286. The lowest BCUT2D eigenvalue weighted by atomic mass is 9.90. The first kappa shape index (κ1) is 18.9. The number of carbonyl (C=O) groups excluding carboxylic acids is 1. The molecule has 1 aliphatic rings. The van der Waals surface area contributed by atoms with Crippen molar-refractivity contribution in [1.82, 2.24) is 0 Å². The summed E-state index contributed by atoms with van der Waals surface area (Å²) in [5.41, 5.74) is 0. The Hall–Kier alpha value is -1.85. The minimum atomic E-state index is -3.54. The van der Waals surface area contributed by atoms with Crippen LogP contribution < -0.4 is 0 Å². The summed E-state index contributed by atoms with van der Waals surface area (Å²) in [6.07, 6.45) is 5.02. The topological polar surface area (TPSA) is 51.2 Å². The molecule has 3 nitrogen and oxygen atoms in total. The van der Waals surface area contributed by atoms with Gasteiger partial charge in [0, 0.05) is 11.3 Å². The van der Waals surface area contributed by atoms with Gasteiger partial charge in [0.15, 0.2) is 15.6 Å². The van der Waals surface area contributed by atoms with E-state index in [0.717, 1.165) is 12.2 Å². The minimum Gasteiger partial charge on any atom is -0.295 e. The molecule has 0 aromatic heterocycles. The van der Waals surface area contributed by atoms with Crippen molar-refractivity contribution >= 4 is 27.4 Å². The monoisotopic (exact) mass is 386 g/mol. The van der Waals surface area contributed by atoms with Crippen LogP contribution in [0, 0.1) is 0 Å². The van der Waals surface area contributed by atoms with Crippen molar-refractivity contribution in [3.8, 4) is 0 Å². The van der Waals surface area contributed by atoms with Gasteiger partial charge in [0.05, 0.1) is 9.64 Å². The first-order valence-electron chi connectivity index (χ1n) is 8.73. The Morgan fingerprint density at radius 1 is 0.962 bits per heavy atom. The molecule has 0 saturated heterocycles. The van der Waals surface area contributed by atoms with Gasteiger partial charge in [-0.3, -0.25) is 4.79 Å². The largest absolute Gasteiger partial charge is 0.295 e. The third kappa shape index (κ3) is 4.10. The highest BCUT2D eigenvalue weighted by Gasteiger charge is 2.43. The molecule has 0 saturated carbocycles. The number of carbonyl (C=O) groups is 1. The fourth-order valence-corrected chi connectivity index (χ4v) is 6.12. The van der Waals surface area contributed by atoms with Crippen LogP contribution in [0.3, 0.4) is 0 Å². The molecule has 2 aromatic rings. The Morgan fingerprint density at radius 2 is 1.62 bits per heavy atom. The van der Waals surface area contributed by atoms with Crippen molar-refractivity contribution in [2.45, 2.75) is 40.2 Å². The minimum absolute atomic E-state index is 0.00236. The molecule has 26 heavy (non-hydrogen) atoms. The molecule has 2 aromatic carbocycles. The number of hydrogen-bond acceptors (Lipinski definition) is 4. The van der Waals surface area contributed by atoms with Crippen LogP contribution in [0.1, 0.15) is 25.7 Å². The van der Waals surface area contributed by atoms with Gasteiger partial charge in [-0.25, -0.2) is 8.42 Å². The molecule has 1 aliphatic carbocycles. The van der Waals surface area contributed by atoms with Gasteiger partial charge in [0.1, 0.15) is 0 Å². The summed E-state index contributed by atoms with van der Waals surface area (Å²) < 4.78 is 25.6. The van der Waals surface area contributed by atoms with Crippen LogP contribution in [0.15, 0.2) is 82.6 Å². The number of sulfone groups is 1. The lowest BCUT2D eigenvalue weighted by Crippen LogP contribution is -2.39. The molecule has 0 amide bonds. The van der Waals surface area contributed by atoms with E-state index in [1.807, 2.05) is 24.3 Å². The van der Waals surface area contributed by atoms with E-state index in [1.165, 1.54) is 11.0 Å². The fourth-order valence-electron chi connectivity index (χ4n) is 3.23. The van der Waals surface area contributed by atoms with Gasteiger partial charge in [-0.15, -0.1) is 11.8 Å². The molecule has 136 valence electrons. The highest BCUT2D eigenvalue weighted by Crippen LogP contribution is 2.38. The Bertz CT molecular complexity index is 874. The zero-order valence-electron chi connectivity index (χ0n) is 14.5. The predicted molar refractivity (Wildman–Crippen MR) is 106 cm³/mol. The lowest BCUT2D eigenvalue weighted by Gasteiger charge is -2.32. The van der Waals surface area contributed by atoms with Crippen LogP contribution >= 0.6 is 11.8 Å². The Labute approximate surface area is 159 Å². The van der Waals surface area contributed by atoms with E-state index >= 15 is 0 Å². The van der Waals surface area contributed by atoms with Gasteiger partial charge >= 0.3 is 0 Å². The summed E-state index contributed by atoms with van der Waals surface area (Å²) >= 11 is 1.73. The van der Waals surface area contributed by atoms with Gasteiger partial charge in [-0.05, 0) is 55.4 Å². The van der Waals surface area contributed by atoms with E-state index in [-0.39, 0.29) is 12.2 Å². The van der Waals surface area contributed by atoms with Crippen molar-refractivity contribution in [2.75, 3.05) is 5.75 Å². The summed E-state index contributed by atoms with van der Waals surface area (Å²) in [6, 6.07) is 18.7. The van der Waals surface area contributed by atoms with E-state index in [0.29, 0.717) is 17.7 Å². The maximum absolute atomic E-state index is 13.3. The SMILES string of the molecule is O=C1C=C[C@](CCCSc2ccccc2)(S(=O)(=O)c2ccccc2)CC1. The first-order chi connectivity index (χ1) is 12.5. The van der Waals surface area contributed by atoms with Crippen LogP contribution in [0.4, 0.5) is 0 Å². The van der Waals surface area contributed by atoms with E-state index < -0.39 is 14.6 Å². The van der Waals surface area contributed by atoms with Gasteiger partial charge in [-0.1, -0.05) is 42.5 Å². The zero-order valence-corrected chi connectivity index (χ0v) is 16.1. The van der Waals surface area contributed by atoms with Gasteiger partial charge < -0.3 is 0 Å². The molecule has 5 heteroatoms. The molecular weight excluding hydrogens is 364 g/mol. The van der Waals surface area contributed by atoms with E-state index in [9.17, 15) is 13.2 Å². The molecule has 0 spiro atoms. The quantitative estimate of drug-likeness (QED) is 0.512. The number of allylic oxidation sites excluding steroid dienone is 1. The van der Waals surface area contributed by atoms with Crippen molar-refractivity contribution < 1.29 is 13.2 Å². The van der Waals surface area contributed by atoms with Gasteiger partial charge in [-0.2, -0.15) is 0 Å². The maximum atomic E-state index is 13.3. The average Bonchev–Trinajstić information content (AvgIpc) is 2.68. The molecule has 0 unspecified atom stereocenters. The molecular formula is C21H22O3S2. The van der Waals surface area contributed by atoms with E-state index in [1.54, 1.807) is 42.1 Å². The van der Waals surface area contributed by atoms with Gasteiger partial charge in [0.25, 0.3) is 0 Å². The Kier molecular flexibility index (Phi) is 5.99. The standard InChI is InChI=1S/C21H22O3S2/c22-18-12-15-21(16-13-18,26(23,24)20-10-5-2-6-11-20)14-7-17-25-19-8-3-1-4-9-19/h1-6,8-12,15H,7,13-14,16-17H2/t21-/m0/s1.